The Morgan fingerprint density at radius 3 is 2.17 bits per heavy atom. The summed E-state index contributed by atoms with van der Waals surface area (Å²) in [7, 11) is 7.61. The maximum absolute atomic E-state index is 5.78. The molecule has 0 fully saturated rings. The van der Waals surface area contributed by atoms with Gasteiger partial charge in [0.15, 0.2) is 5.96 Å². The zero-order chi connectivity index (χ0) is 20.9. The van der Waals surface area contributed by atoms with E-state index in [0.717, 1.165) is 50.0 Å². The predicted octanol–water partition coefficient (Wildman–Crippen LogP) is 3.55. The van der Waals surface area contributed by atoms with Crippen LogP contribution >= 0.6 is 24.0 Å². The number of nitrogens with zero attached hydrogens (tertiary/aromatic N) is 2. The molecule has 0 aliphatic rings. The summed E-state index contributed by atoms with van der Waals surface area (Å²) in [5.74, 6) is 2.58. The van der Waals surface area contributed by atoms with Crippen molar-refractivity contribution < 1.29 is 9.47 Å². The lowest BCUT2D eigenvalue weighted by Crippen LogP contribution is -2.37. The maximum Gasteiger partial charge on any atom is 0.191 e. The van der Waals surface area contributed by atoms with Crippen LogP contribution in [0.3, 0.4) is 0 Å². The van der Waals surface area contributed by atoms with Crippen LogP contribution in [0.4, 0.5) is 0 Å². The number of rotatable bonds is 11. The second kappa shape index (κ2) is 14.9. The number of ether oxygens (including phenoxy) is 2. The highest BCUT2D eigenvalue weighted by atomic mass is 127. The number of methoxy groups -OCH3 is 1. The first kappa shape index (κ1) is 26.0. The van der Waals surface area contributed by atoms with E-state index in [0.29, 0.717) is 6.54 Å². The molecule has 0 saturated heterocycles. The van der Waals surface area contributed by atoms with Crippen molar-refractivity contribution in [3.05, 3.63) is 59.7 Å². The van der Waals surface area contributed by atoms with Crippen LogP contribution in [0.2, 0.25) is 0 Å². The lowest BCUT2D eigenvalue weighted by atomic mass is 10.1. The molecule has 0 heterocycles. The number of hydrogen-bond acceptors (Lipinski definition) is 4. The molecule has 2 N–H and O–H groups in total. The van der Waals surface area contributed by atoms with Crippen molar-refractivity contribution in [1.82, 2.24) is 15.5 Å². The highest BCUT2D eigenvalue weighted by molar-refractivity contribution is 14.0. The van der Waals surface area contributed by atoms with E-state index in [9.17, 15) is 0 Å². The Balaban J connectivity index is 0.00000450. The topological polar surface area (TPSA) is 58.1 Å². The Kier molecular flexibility index (Phi) is 12.9. The summed E-state index contributed by atoms with van der Waals surface area (Å²) in [6.45, 7) is 3.29. The smallest absolute Gasteiger partial charge is 0.191 e. The molecule has 2 aromatic carbocycles. The number of benzene rings is 2. The van der Waals surface area contributed by atoms with Gasteiger partial charge >= 0.3 is 0 Å². The van der Waals surface area contributed by atoms with Crippen molar-refractivity contribution in [3.63, 3.8) is 0 Å². The van der Waals surface area contributed by atoms with Gasteiger partial charge in [0.25, 0.3) is 0 Å². The SMILES string of the molecule is CN=C(NCCc1ccc(OC)cc1)NCc1ccc(OCCCN(C)C)cc1.I. The minimum absolute atomic E-state index is 0. The molecule has 0 unspecified atom stereocenters. The molecule has 0 spiro atoms. The molecule has 0 radical (unpaired) electrons. The zero-order valence-electron chi connectivity index (χ0n) is 18.5. The molecule has 2 rings (SSSR count). The van der Waals surface area contributed by atoms with Gasteiger partial charge < -0.3 is 25.0 Å². The van der Waals surface area contributed by atoms with Gasteiger partial charge in [-0.2, -0.15) is 0 Å². The summed E-state index contributed by atoms with van der Waals surface area (Å²) in [6, 6.07) is 16.3. The van der Waals surface area contributed by atoms with Crippen molar-refractivity contribution >= 4 is 29.9 Å². The van der Waals surface area contributed by atoms with Crippen LogP contribution in [-0.4, -0.2) is 58.8 Å². The third kappa shape index (κ3) is 10.2. The van der Waals surface area contributed by atoms with Gasteiger partial charge in [-0.3, -0.25) is 4.99 Å². The zero-order valence-corrected chi connectivity index (χ0v) is 20.8. The molecule has 0 amide bonds. The molecule has 2 aromatic rings. The summed E-state index contributed by atoms with van der Waals surface area (Å²) in [4.78, 5) is 6.45. The second-order valence-electron chi connectivity index (χ2n) is 7.10. The number of aliphatic imine (C=N–C) groups is 1. The van der Waals surface area contributed by atoms with Crippen molar-refractivity contribution in [2.75, 3.05) is 47.9 Å². The lowest BCUT2D eigenvalue weighted by Gasteiger charge is -2.13. The Morgan fingerprint density at radius 2 is 1.57 bits per heavy atom. The molecular formula is C23H35IN4O2. The molecule has 6 nitrogen and oxygen atoms in total. The van der Waals surface area contributed by atoms with Crippen LogP contribution in [0.1, 0.15) is 17.5 Å². The van der Waals surface area contributed by atoms with Crippen LogP contribution in [-0.2, 0) is 13.0 Å². The van der Waals surface area contributed by atoms with Crippen molar-refractivity contribution in [2.45, 2.75) is 19.4 Å². The minimum Gasteiger partial charge on any atom is -0.497 e. The highest BCUT2D eigenvalue weighted by Gasteiger charge is 2.01. The Hall–Kier alpha value is -2.00. The molecule has 0 atom stereocenters. The van der Waals surface area contributed by atoms with Crippen LogP contribution in [0.25, 0.3) is 0 Å². The van der Waals surface area contributed by atoms with Crippen LogP contribution < -0.4 is 20.1 Å². The maximum atomic E-state index is 5.78. The third-order valence-electron chi connectivity index (χ3n) is 4.49. The lowest BCUT2D eigenvalue weighted by molar-refractivity contribution is 0.281. The average molecular weight is 526 g/mol. The molecule has 0 bridgehead atoms. The second-order valence-corrected chi connectivity index (χ2v) is 7.10. The first-order valence-corrected chi connectivity index (χ1v) is 10.0. The Morgan fingerprint density at radius 1 is 0.933 bits per heavy atom. The summed E-state index contributed by atoms with van der Waals surface area (Å²) in [6.07, 6.45) is 1.94. The summed E-state index contributed by atoms with van der Waals surface area (Å²) in [5, 5.41) is 6.70. The average Bonchev–Trinajstić information content (AvgIpc) is 2.75. The minimum atomic E-state index is 0. The molecule has 0 saturated carbocycles. The van der Waals surface area contributed by atoms with Gasteiger partial charge in [0, 0.05) is 26.7 Å². The van der Waals surface area contributed by atoms with Gasteiger partial charge in [0.1, 0.15) is 11.5 Å². The first-order valence-electron chi connectivity index (χ1n) is 10.0. The number of halogens is 1. The fraction of sp³-hybridized carbons (Fsp3) is 0.435. The van der Waals surface area contributed by atoms with Gasteiger partial charge in [0.05, 0.1) is 13.7 Å². The molecule has 166 valence electrons. The largest absolute Gasteiger partial charge is 0.497 e. The normalized spacial score (nSPS) is 11.0. The fourth-order valence-corrected chi connectivity index (χ4v) is 2.80. The summed E-state index contributed by atoms with van der Waals surface area (Å²) >= 11 is 0. The first-order chi connectivity index (χ1) is 14.1. The summed E-state index contributed by atoms with van der Waals surface area (Å²) < 4.78 is 11.0. The van der Waals surface area contributed by atoms with Crippen molar-refractivity contribution in [3.8, 4) is 11.5 Å². The number of nitrogens with one attached hydrogen (secondary N) is 2. The molecular weight excluding hydrogens is 491 g/mol. The summed E-state index contributed by atoms with van der Waals surface area (Å²) in [5.41, 5.74) is 2.44. The van der Waals surface area contributed by atoms with E-state index in [-0.39, 0.29) is 24.0 Å². The molecule has 0 aliphatic carbocycles. The Bertz CT molecular complexity index is 734. The standard InChI is InChI=1S/C23H34N4O2.HI/c1-24-23(25-15-14-19-6-10-21(28-4)11-7-19)26-18-20-8-12-22(13-9-20)29-17-5-16-27(2)3;/h6-13H,5,14-18H2,1-4H3,(H2,24,25,26);1H. The van der Waals surface area contributed by atoms with E-state index in [4.69, 9.17) is 9.47 Å². The highest BCUT2D eigenvalue weighted by Crippen LogP contribution is 2.13. The Labute approximate surface area is 198 Å². The van der Waals surface area contributed by atoms with E-state index in [1.807, 2.05) is 24.3 Å². The van der Waals surface area contributed by atoms with Gasteiger partial charge in [-0.25, -0.2) is 0 Å². The van der Waals surface area contributed by atoms with Gasteiger partial charge in [-0.05, 0) is 62.3 Å². The molecule has 7 heteroatoms. The van der Waals surface area contributed by atoms with Crippen LogP contribution in [0, 0.1) is 0 Å². The van der Waals surface area contributed by atoms with Gasteiger partial charge in [-0.15, -0.1) is 24.0 Å². The van der Waals surface area contributed by atoms with E-state index >= 15 is 0 Å². The fourth-order valence-electron chi connectivity index (χ4n) is 2.80. The monoisotopic (exact) mass is 526 g/mol. The van der Waals surface area contributed by atoms with Crippen molar-refractivity contribution in [2.24, 2.45) is 4.99 Å². The molecule has 30 heavy (non-hydrogen) atoms. The van der Waals surface area contributed by atoms with E-state index in [1.165, 1.54) is 11.1 Å². The predicted molar refractivity (Wildman–Crippen MR) is 135 cm³/mol. The quantitative estimate of drug-likeness (QED) is 0.203. The molecule has 0 aromatic heterocycles. The van der Waals surface area contributed by atoms with Crippen molar-refractivity contribution in [1.29, 1.82) is 0 Å². The van der Waals surface area contributed by atoms with E-state index in [1.54, 1.807) is 14.2 Å². The number of guanidine groups is 1. The van der Waals surface area contributed by atoms with E-state index in [2.05, 4.69) is 58.9 Å². The van der Waals surface area contributed by atoms with Gasteiger partial charge in [-0.1, -0.05) is 24.3 Å². The number of hydrogen-bond donors (Lipinski definition) is 2. The van der Waals surface area contributed by atoms with E-state index < -0.39 is 0 Å². The molecule has 0 aliphatic heterocycles. The third-order valence-corrected chi connectivity index (χ3v) is 4.49. The van der Waals surface area contributed by atoms with Gasteiger partial charge in [0.2, 0.25) is 0 Å². The van der Waals surface area contributed by atoms with Crippen LogP contribution in [0.15, 0.2) is 53.5 Å². The van der Waals surface area contributed by atoms with Crippen LogP contribution in [0.5, 0.6) is 11.5 Å².